The van der Waals surface area contributed by atoms with Crippen LogP contribution in [0, 0.1) is 11.8 Å². The highest BCUT2D eigenvalue weighted by Gasteiger charge is 2.30. The highest BCUT2D eigenvalue weighted by atomic mass is 16.2. The minimum atomic E-state index is 0.241. The van der Waals surface area contributed by atoms with Gasteiger partial charge < -0.3 is 10.2 Å². The van der Waals surface area contributed by atoms with Crippen LogP contribution in [0.3, 0.4) is 0 Å². The Hall–Kier alpha value is -1.06. The molecule has 2 saturated carbocycles. The fraction of sp³-hybridized carbons (Fsp3) is 0.895. The zero-order valence-electron chi connectivity index (χ0n) is 14.4. The SMILES string of the molecule is O=C(NC1CCN(C(=O)C2CCCCC2)CC1)C1CCCCC1. The lowest BCUT2D eigenvalue weighted by molar-refractivity contribution is -0.137. The molecule has 1 heterocycles. The van der Waals surface area contributed by atoms with E-state index in [-0.39, 0.29) is 23.8 Å². The molecule has 0 bridgehead atoms. The highest BCUT2D eigenvalue weighted by Crippen LogP contribution is 2.27. The van der Waals surface area contributed by atoms with Crippen molar-refractivity contribution in [2.75, 3.05) is 13.1 Å². The zero-order valence-corrected chi connectivity index (χ0v) is 14.4. The molecule has 0 unspecified atom stereocenters. The van der Waals surface area contributed by atoms with Crippen molar-refractivity contribution in [1.29, 1.82) is 0 Å². The van der Waals surface area contributed by atoms with Crippen molar-refractivity contribution < 1.29 is 9.59 Å². The molecule has 3 rings (SSSR count). The summed E-state index contributed by atoms with van der Waals surface area (Å²) >= 11 is 0. The van der Waals surface area contributed by atoms with E-state index in [2.05, 4.69) is 10.2 Å². The standard InChI is InChI=1S/C19H32N2O2/c22-18(15-7-3-1-4-8-15)20-17-11-13-21(14-12-17)19(23)16-9-5-2-6-10-16/h15-17H,1-14H2,(H,20,22). The van der Waals surface area contributed by atoms with Crippen molar-refractivity contribution in [3.8, 4) is 0 Å². The maximum Gasteiger partial charge on any atom is 0.225 e. The van der Waals surface area contributed by atoms with E-state index in [1.165, 1.54) is 38.5 Å². The average molecular weight is 320 g/mol. The number of carbonyl (C=O) groups excluding carboxylic acids is 2. The second-order valence-corrected chi connectivity index (χ2v) is 7.78. The quantitative estimate of drug-likeness (QED) is 0.868. The van der Waals surface area contributed by atoms with Gasteiger partial charge in [-0.3, -0.25) is 9.59 Å². The van der Waals surface area contributed by atoms with E-state index in [9.17, 15) is 9.59 Å². The third kappa shape index (κ3) is 4.48. The number of rotatable bonds is 3. The van der Waals surface area contributed by atoms with Crippen molar-refractivity contribution in [3.05, 3.63) is 0 Å². The minimum Gasteiger partial charge on any atom is -0.353 e. The zero-order chi connectivity index (χ0) is 16.1. The summed E-state index contributed by atoms with van der Waals surface area (Å²) in [6.45, 7) is 1.65. The van der Waals surface area contributed by atoms with Crippen LogP contribution in [0.15, 0.2) is 0 Å². The summed E-state index contributed by atoms with van der Waals surface area (Å²) in [6.07, 6.45) is 13.5. The summed E-state index contributed by atoms with van der Waals surface area (Å²) in [5.41, 5.74) is 0. The van der Waals surface area contributed by atoms with Gasteiger partial charge in [-0.15, -0.1) is 0 Å². The number of piperidine rings is 1. The lowest BCUT2D eigenvalue weighted by atomic mass is 9.87. The lowest BCUT2D eigenvalue weighted by Crippen LogP contribution is -2.49. The molecule has 2 aliphatic carbocycles. The molecule has 2 amide bonds. The molecule has 23 heavy (non-hydrogen) atoms. The third-order valence-electron chi connectivity index (χ3n) is 6.08. The molecule has 0 radical (unpaired) electrons. The molecule has 0 aromatic carbocycles. The molecule has 1 aliphatic heterocycles. The third-order valence-corrected chi connectivity index (χ3v) is 6.08. The monoisotopic (exact) mass is 320 g/mol. The number of hydrogen-bond acceptors (Lipinski definition) is 2. The van der Waals surface area contributed by atoms with E-state index in [1.54, 1.807) is 0 Å². The minimum absolute atomic E-state index is 0.241. The molecular formula is C19H32N2O2. The molecule has 0 aromatic heterocycles. The van der Waals surface area contributed by atoms with E-state index in [4.69, 9.17) is 0 Å². The van der Waals surface area contributed by atoms with E-state index >= 15 is 0 Å². The normalized spacial score (nSPS) is 25.3. The van der Waals surface area contributed by atoms with Gasteiger partial charge in [0.25, 0.3) is 0 Å². The number of hydrogen-bond donors (Lipinski definition) is 1. The number of amides is 2. The van der Waals surface area contributed by atoms with Crippen LogP contribution in [0.2, 0.25) is 0 Å². The van der Waals surface area contributed by atoms with Gasteiger partial charge in [0.2, 0.25) is 11.8 Å². The molecule has 0 spiro atoms. The first-order chi connectivity index (χ1) is 11.2. The molecule has 3 fully saturated rings. The van der Waals surface area contributed by atoms with Gasteiger partial charge in [0.05, 0.1) is 0 Å². The molecule has 0 atom stereocenters. The van der Waals surface area contributed by atoms with Crippen LogP contribution >= 0.6 is 0 Å². The van der Waals surface area contributed by atoms with Crippen LogP contribution in [0.1, 0.15) is 77.0 Å². The van der Waals surface area contributed by atoms with Gasteiger partial charge in [-0.05, 0) is 38.5 Å². The average Bonchev–Trinajstić information content (AvgIpc) is 2.63. The Morgan fingerprint density at radius 2 is 1.22 bits per heavy atom. The Morgan fingerprint density at radius 3 is 1.78 bits per heavy atom. The predicted molar refractivity (Wildman–Crippen MR) is 90.9 cm³/mol. The first-order valence-electron chi connectivity index (χ1n) is 9.83. The lowest BCUT2D eigenvalue weighted by Gasteiger charge is -2.36. The number of likely N-dealkylation sites (tertiary alicyclic amines) is 1. The van der Waals surface area contributed by atoms with Crippen LogP contribution in [-0.2, 0) is 9.59 Å². The summed E-state index contributed by atoms with van der Waals surface area (Å²) in [5.74, 6) is 1.16. The van der Waals surface area contributed by atoms with E-state index < -0.39 is 0 Å². The van der Waals surface area contributed by atoms with Crippen LogP contribution in [0.25, 0.3) is 0 Å². The maximum atomic E-state index is 12.6. The first kappa shape index (κ1) is 16.8. The Morgan fingerprint density at radius 1 is 0.696 bits per heavy atom. The summed E-state index contributed by atoms with van der Waals surface area (Å²) in [7, 11) is 0. The van der Waals surface area contributed by atoms with Crippen molar-refractivity contribution in [2.24, 2.45) is 11.8 Å². The van der Waals surface area contributed by atoms with Crippen LogP contribution in [0.4, 0.5) is 0 Å². The molecule has 130 valence electrons. The summed E-state index contributed by atoms with van der Waals surface area (Å²) in [6, 6.07) is 0.278. The fourth-order valence-electron chi connectivity index (χ4n) is 4.54. The van der Waals surface area contributed by atoms with Crippen LogP contribution in [-0.4, -0.2) is 35.8 Å². The van der Waals surface area contributed by atoms with Crippen molar-refractivity contribution in [2.45, 2.75) is 83.1 Å². The smallest absolute Gasteiger partial charge is 0.225 e. The van der Waals surface area contributed by atoms with E-state index in [0.29, 0.717) is 5.91 Å². The molecular weight excluding hydrogens is 288 g/mol. The Bertz CT molecular complexity index is 404. The maximum absolute atomic E-state index is 12.6. The largest absolute Gasteiger partial charge is 0.353 e. The van der Waals surface area contributed by atoms with Crippen molar-refractivity contribution >= 4 is 11.8 Å². The summed E-state index contributed by atoms with van der Waals surface area (Å²) in [4.78, 5) is 27.0. The number of nitrogens with zero attached hydrogens (tertiary/aromatic N) is 1. The summed E-state index contributed by atoms with van der Waals surface area (Å²) < 4.78 is 0. The van der Waals surface area contributed by atoms with Gasteiger partial charge in [-0.1, -0.05) is 38.5 Å². The van der Waals surface area contributed by atoms with Gasteiger partial charge in [0.15, 0.2) is 0 Å². The van der Waals surface area contributed by atoms with Gasteiger partial charge in [-0.2, -0.15) is 0 Å². The predicted octanol–water partition coefficient (Wildman–Crippen LogP) is 3.25. The van der Waals surface area contributed by atoms with Gasteiger partial charge in [-0.25, -0.2) is 0 Å². The Labute approximate surface area is 140 Å². The van der Waals surface area contributed by atoms with Gasteiger partial charge >= 0.3 is 0 Å². The van der Waals surface area contributed by atoms with Crippen LogP contribution < -0.4 is 5.32 Å². The number of carbonyl (C=O) groups is 2. The second-order valence-electron chi connectivity index (χ2n) is 7.78. The van der Waals surface area contributed by atoms with E-state index in [0.717, 1.165) is 51.6 Å². The first-order valence-corrected chi connectivity index (χ1v) is 9.83. The van der Waals surface area contributed by atoms with E-state index in [1.807, 2.05) is 0 Å². The molecule has 4 nitrogen and oxygen atoms in total. The van der Waals surface area contributed by atoms with Crippen LogP contribution in [0.5, 0.6) is 0 Å². The van der Waals surface area contributed by atoms with Gasteiger partial charge in [0.1, 0.15) is 0 Å². The highest BCUT2D eigenvalue weighted by molar-refractivity contribution is 5.80. The van der Waals surface area contributed by atoms with Crippen molar-refractivity contribution in [3.63, 3.8) is 0 Å². The number of nitrogens with one attached hydrogen (secondary N) is 1. The second kappa shape index (κ2) is 8.16. The molecule has 4 heteroatoms. The topological polar surface area (TPSA) is 49.4 Å². The van der Waals surface area contributed by atoms with Gasteiger partial charge in [0, 0.05) is 31.0 Å². The Kier molecular flexibility index (Phi) is 5.96. The molecule has 0 aromatic rings. The molecule has 3 aliphatic rings. The summed E-state index contributed by atoms with van der Waals surface area (Å²) in [5, 5.41) is 3.25. The van der Waals surface area contributed by atoms with Crippen molar-refractivity contribution in [1.82, 2.24) is 10.2 Å². The molecule has 1 saturated heterocycles. The Balaban J connectivity index is 1.41. The fourth-order valence-corrected chi connectivity index (χ4v) is 4.54. The molecule has 1 N–H and O–H groups in total.